The largest absolute Gasteiger partial charge is 0.381 e. The molecule has 0 radical (unpaired) electrons. The standard InChI is InChI=1S/C14H19BrN2/c15-12-7-14(9-16-8-12)17-13-3-1-2-11(6-13)10-4-5-10/h7-11,13,17H,1-6H2. The van der Waals surface area contributed by atoms with Gasteiger partial charge in [0.1, 0.15) is 0 Å². The van der Waals surface area contributed by atoms with Crippen LogP contribution in [0.5, 0.6) is 0 Å². The molecule has 17 heavy (non-hydrogen) atoms. The highest BCUT2D eigenvalue weighted by Gasteiger charge is 2.34. The molecule has 0 aliphatic heterocycles. The highest BCUT2D eigenvalue weighted by molar-refractivity contribution is 9.10. The number of rotatable bonds is 3. The lowest BCUT2D eigenvalue weighted by Gasteiger charge is -2.30. The first-order valence-electron chi connectivity index (χ1n) is 6.68. The second-order valence-corrected chi connectivity index (χ2v) is 6.41. The number of anilines is 1. The lowest BCUT2D eigenvalue weighted by atomic mass is 9.82. The molecule has 1 aromatic rings. The Kier molecular flexibility index (Phi) is 3.37. The monoisotopic (exact) mass is 294 g/mol. The molecule has 3 heteroatoms. The van der Waals surface area contributed by atoms with Crippen molar-refractivity contribution in [2.45, 2.75) is 44.6 Å². The van der Waals surface area contributed by atoms with Gasteiger partial charge in [-0.1, -0.05) is 12.8 Å². The maximum absolute atomic E-state index is 4.21. The summed E-state index contributed by atoms with van der Waals surface area (Å²) in [4.78, 5) is 4.21. The molecule has 0 bridgehead atoms. The van der Waals surface area contributed by atoms with E-state index in [1.54, 1.807) is 0 Å². The molecule has 2 aliphatic carbocycles. The van der Waals surface area contributed by atoms with Crippen LogP contribution in [-0.4, -0.2) is 11.0 Å². The van der Waals surface area contributed by atoms with Crippen LogP contribution in [0.3, 0.4) is 0 Å². The van der Waals surface area contributed by atoms with Gasteiger partial charge in [0.25, 0.3) is 0 Å². The second-order valence-electron chi connectivity index (χ2n) is 5.50. The van der Waals surface area contributed by atoms with Gasteiger partial charge in [0.15, 0.2) is 0 Å². The van der Waals surface area contributed by atoms with Crippen LogP contribution in [0.25, 0.3) is 0 Å². The van der Waals surface area contributed by atoms with Crippen molar-refractivity contribution >= 4 is 21.6 Å². The Morgan fingerprint density at radius 2 is 2.00 bits per heavy atom. The van der Waals surface area contributed by atoms with Crippen molar-refractivity contribution < 1.29 is 0 Å². The van der Waals surface area contributed by atoms with Crippen molar-refractivity contribution in [3.63, 3.8) is 0 Å². The van der Waals surface area contributed by atoms with Gasteiger partial charge in [-0.05, 0) is 59.5 Å². The van der Waals surface area contributed by atoms with E-state index in [9.17, 15) is 0 Å². The van der Waals surface area contributed by atoms with Crippen molar-refractivity contribution in [3.8, 4) is 0 Å². The van der Waals surface area contributed by atoms with Crippen molar-refractivity contribution in [1.29, 1.82) is 0 Å². The summed E-state index contributed by atoms with van der Waals surface area (Å²) >= 11 is 3.47. The molecule has 2 fully saturated rings. The quantitative estimate of drug-likeness (QED) is 0.903. The van der Waals surface area contributed by atoms with Gasteiger partial charge in [0.2, 0.25) is 0 Å². The fourth-order valence-electron chi connectivity index (χ4n) is 3.08. The molecule has 0 saturated heterocycles. The van der Waals surface area contributed by atoms with Crippen LogP contribution in [-0.2, 0) is 0 Å². The van der Waals surface area contributed by atoms with Gasteiger partial charge < -0.3 is 5.32 Å². The average molecular weight is 295 g/mol. The summed E-state index contributed by atoms with van der Waals surface area (Å²) in [6, 6.07) is 2.78. The summed E-state index contributed by atoms with van der Waals surface area (Å²) in [6.07, 6.45) is 12.2. The summed E-state index contributed by atoms with van der Waals surface area (Å²) in [6.45, 7) is 0. The number of nitrogens with zero attached hydrogens (tertiary/aromatic N) is 1. The van der Waals surface area contributed by atoms with E-state index in [-0.39, 0.29) is 0 Å². The minimum atomic E-state index is 0.658. The van der Waals surface area contributed by atoms with E-state index in [0.717, 1.165) is 22.0 Å². The van der Waals surface area contributed by atoms with Crippen molar-refractivity contribution in [2.75, 3.05) is 5.32 Å². The summed E-state index contributed by atoms with van der Waals surface area (Å²) in [5.41, 5.74) is 1.15. The third-order valence-corrected chi connectivity index (χ3v) is 4.51. The topological polar surface area (TPSA) is 24.9 Å². The minimum Gasteiger partial charge on any atom is -0.381 e. The van der Waals surface area contributed by atoms with Gasteiger partial charge in [-0.15, -0.1) is 0 Å². The first-order chi connectivity index (χ1) is 8.31. The van der Waals surface area contributed by atoms with Crippen LogP contribution >= 0.6 is 15.9 Å². The van der Waals surface area contributed by atoms with Gasteiger partial charge in [-0.25, -0.2) is 0 Å². The molecule has 1 N–H and O–H groups in total. The van der Waals surface area contributed by atoms with E-state index in [2.05, 4.69) is 32.3 Å². The molecule has 1 aromatic heterocycles. The summed E-state index contributed by atoms with van der Waals surface area (Å²) in [5, 5.41) is 3.64. The predicted octanol–water partition coefficient (Wildman–Crippen LogP) is 4.22. The minimum absolute atomic E-state index is 0.658. The number of halogens is 1. The number of pyridine rings is 1. The Labute approximate surface area is 111 Å². The zero-order chi connectivity index (χ0) is 11.7. The van der Waals surface area contributed by atoms with Crippen molar-refractivity contribution in [3.05, 3.63) is 22.9 Å². The molecular formula is C14H19BrN2. The molecule has 2 saturated carbocycles. The fraction of sp³-hybridized carbons (Fsp3) is 0.643. The van der Waals surface area contributed by atoms with Crippen LogP contribution in [0.2, 0.25) is 0 Å². The Morgan fingerprint density at radius 1 is 1.12 bits per heavy atom. The molecule has 92 valence electrons. The van der Waals surface area contributed by atoms with E-state index in [0.29, 0.717) is 6.04 Å². The first kappa shape index (κ1) is 11.5. The molecule has 1 heterocycles. The second kappa shape index (κ2) is 4.97. The number of hydrogen-bond donors (Lipinski definition) is 1. The van der Waals surface area contributed by atoms with Crippen LogP contribution in [0.15, 0.2) is 22.9 Å². The Morgan fingerprint density at radius 3 is 2.76 bits per heavy atom. The number of nitrogens with one attached hydrogen (secondary N) is 1. The van der Waals surface area contributed by atoms with Gasteiger partial charge >= 0.3 is 0 Å². The zero-order valence-corrected chi connectivity index (χ0v) is 11.6. The van der Waals surface area contributed by atoms with Gasteiger partial charge in [0.05, 0.1) is 11.9 Å². The maximum atomic E-state index is 4.21. The van der Waals surface area contributed by atoms with E-state index in [1.807, 2.05) is 12.4 Å². The lowest BCUT2D eigenvalue weighted by Crippen LogP contribution is -2.28. The molecule has 3 rings (SSSR count). The number of hydrogen-bond acceptors (Lipinski definition) is 2. The molecule has 2 nitrogen and oxygen atoms in total. The molecule has 0 spiro atoms. The SMILES string of the molecule is Brc1cncc(NC2CCCC(C3CC3)C2)c1. The van der Waals surface area contributed by atoms with Crippen molar-refractivity contribution in [2.24, 2.45) is 11.8 Å². The summed E-state index contributed by atoms with van der Waals surface area (Å²) < 4.78 is 1.05. The highest BCUT2D eigenvalue weighted by atomic mass is 79.9. The average Bonchev–Trinajstić information content (AvgIpc) is 3.13. The zero-order valence-electron chi connectivity index (χ0n) is 10.0. The van der Waals surface area contributed by atoms with Gasteiger partial charge in [-0.2, -0.15) is 0 Å². The molecule has 0 aromatic carbocycles. The van der Waals surface area contributed by atoms with Crippen LogP contribution in [0.4, 0.5) is 5.69 Å². The molecule has 0 amide bonds. The first-order valence-corrected chi connectivity index (χ1v) is 7.47. The molecule has 2 aliphatic rings. The van der Waals surface area contributed by atoms with Gasteiger partial charge in [-0.3, -0.25) is 4.98 Å². The number of aromatic nitrogens is 1. The molecule has 2 unspecified atom stereocenters. The van der Waals surface area contributed by atoms with Crippen LogP contribution in [0.1, 0.15) is 38.5 Å². The fourth-order valence-corrected chi connectivity index (χ4v) is 3.45. The lowest BCUT2D eigenvalue weighted by molar-refractivity contribution is 0.303. The van der Waals surface area contributed by atoms with E-state index >= 15 is 0 Å². The Balaban J connectivity index is 1.60. The normalized spacial score (nSPS) is 29.0. The third-order valence-electron chi connectivity index (χ3n) is 4.08. The van der Waals surface area contributed by atoms with E-state index < -0.39 is 0 Å². The molecular weight excluding hydrogens is 276 g/mol. The predicted molar refractivity (Wildman–Crippen MR) is 74.0 cm³/mol. The third kappa shape index (κ3) is 3.01. The Hall–Kier alpha value is -0.570. The van der Waals surface area contributed by atoms with Crippen LogP contribution < -0.4 is 5.32 Å². The molecule has 2 atom stereocenters. The van der Waals surface area contributed by atoms with E-state index in [1.165, 1.54) is 38.5 Å². The highest BCUT2D eigenvalue weighted by Crippen LogP contribution is 2.44. The van der Waals surface area contributed by atoms with Gasteiger partial charge in [0, 0.05) is 16.7 Å². The maximum Gasteiger partial charge on any atom is 0.0540 e. The Bertz CT molecular complexity index is 390. The summed E-state index contributed by atoms with van der Waals surface area (Å²) in [5.74, 6) is 2.04. The smallest absolute Gasteiger partial charge is 0.0540 e. The van der Waals surface area contributed by atoms with Crippen molar-refractivity contribution in [1.82, 2.24) is 4.98 Å². The van der Waals surface area contributed by atoms with Crippen LogP contribution in [0, 0.1) is 11.8 Å². The summed E-state index contributed by atoms with van der Waals surface area (Å²) in [7, 11) is 0. The van der Waals surface area contributed by atoms with E-state index in [4.69, 9.17) is 0 Å².